The summed E-state index contributed by atoms with van der Waals surface area (Å²) < 4.78 is 0. The molecule has 0 radical (unpaired) electrons. The smallest absolute Gasteiger partial charge is 0.156 e. The van der Waals surface area contributed by atoms with Gasteiger partial charge in [0.1, 0.15) is 0 Å². The molecule has 0 rings (SSSR count). The number of nitrogens with zero attached hydrogens (tertiary/aromatic N) is 1. The second-order valence-electron chi connectivity index (χ2n) is 1.44. The zero-order chi connectivity index (χ0) is 6.41. The fourth-order valence-corrected chi connectivity index (χ4v) is 0.406. The summed E-state index contributed by atoms with van der Waals surface area (Å²) >= 11 is 0. The predicted octanol–water partition coefficient (Wildman–Crippen LogP) is 1.20. The van der Waals surface area contributed by atoms with Gasteiger partial charge >= 0.3 is 0 Å². The van der Waals surface area contributed by atoms with Gasteiger partial charge in [-0.2, -0.15) is 0 Å². The first-order chi connectivity index (χ1) is 3.85. The monoisotopic (exact) mass is 107 g/mol. The van der Waals surface area contributed by atoms with Crippen LogP contribution in [0.1, 0.15) is 0 Å². The van der Waals surface area contributed by atoms with E-state index in [4.69, 9.17) is 0 Å². The van der Waals surface area contributed by atoms with Crippen LogP contribution in [0, 0.1) is 0 Å². The molecule has 0 bridgehead atoms. The van der Waals surface area contributed by atoms with Gasteiger partial charge in [0.05, 0.1) is 0 Å². The van der Waals surface area contributed by atoms with Crippen LogP contribution in [-0.4, -0.2) is 14.0 Å². The molecule has 0 saturated carbocycles. The molecule has 0 spiro atoms. The molecule has 0 unspecified atom stereocenters. The Morgan fingerprint density at radius 1 is 1.75 bits per heavy atom. The largest absolute Gasteiger partial charge is 0.273 e. The lowest BCUT2D eigenvalue weighted by atomic mass is 9.73. The molecule has 0 aliphatic rings. The Balaban J connectivity index is 3.84. The highest BCUT2D eigenvalue weighted by atomic mass is 14.6. The van der Waals surface area contributed by atoms with E-state index in [-0.39, 0.29) is 0 Å². The number of hydrogen-bond acceptors (Lipinski definition) is 1. The fraction of sp³-hybridized carbons (Fsp3) is 0.167. The van der Waals surface area contributed by atoms with Crippen LogP contribution in [0.25, 0.3) is 0 Å². The van der Waals surface area contributed by atoms with Gasteiger partial charge in [0.15, 0.2) is 7.28 Å². The van der Waals surface area contributed by atoms with E-state index in [0.29, 0.717) is 0 Å². The van der Waals surface area contributed by atoms with Crippen LogP contribution in [0.5, 0.6) is 0 Å². The number of hydrogen-bond donors (Lipinski definition) is 0. The number of rotatable bonds is 3. The van der Waals surface area contributed by atoms with Gasteiger partial charge in [0.2, 0.25) is 0 Å². The minimum atomic E-state index is 0.975. The second kappa shape index (κ2) is 4.38. The first-order valence-electron chi connectivity index (χ1n) is 2.62. The van der Waals surface area contributed by atoms with Crippen LogP contribution < -0.4 is 0 Å². The maximum Gasteiger partial charge on any atom is 0.156 e. The molecule has 42 valence electrons. The Morgan fingerprint density at radius 2 is 2.38 bits per heavy atom. The summed E-state index contributed by atoms with van der Waals surface area (Å²) in [6.07, 6.45) is 3.50. The van der Waals surface area contributed by atoms with Crippen LogP contribution in [0.2, 0.25) is 6.82 Å². The Bertz CT molecular complexity index is 116. The molecule has 0 heterocycles. The average Bonchev–Trinajstić information content (AvgIpc) is 1.83. The first kappa shape index (κ1) is 7.21. The van der Waals surface area contributed by atoms with Crippen LogP contribution in [0.3, 0.4) is 0 Å². The number of allylic oxidation sites excluding steroid dienone is 2. The summed E-state index contributed by atoms with van der Waals surface area (Å²) in [6.45, 7) is 8.97. The molecule has 0 aromatic heterocycles. The summed E-state index contributed by atoms with van der Waals surface area (Å²) in [5.74, 6) is 0. The first-order valence-corrected chi connectivity index (χ1v) is 2.62. The third kappa shape index (κ3) is 2.40. The highest BCUT2D eigenvalue weighted by molar-refractivity contribution is 6.44. The molecule has 0 aromatic carbocycles. The highest BCUT2D eigenvalue weighted by Crippen LogP contribution is 1.90. The zero-order valence-electron chi connectivity index (χ0n) is 5.22. The summed E-state index contributed by atoms with van der Waals surface area (Å²) in [6, 6.07) is 0. The molecule has 2 heteroatoms. The maximum atomic E-state index is 3.59. The van der Waals surface area contributed by atoms with Crippen LogP contribution >= 0.6 is 0 Å². The van der Waals surface area contributed by atoms with E-state index >= 15 is 0 Å². The highest BCUT2D eigenvalue weighted by Gasteiger charge is 1.82. The fourth-order valence-electron chi connectivity index (χ4n) is 0.406. The summed E-state index contributed by atoms with van der Waals surface area (Å²) in [7, 11) is 0.975. The van der Waals surface area contributed by atoms with Gasteiger partial charge in [0.25, 0.3) is 0 Å². The Labute approximate surface area is 51.1 Å². The van der Waals surface area contributed by atoms with E-state index in [9.17, 15) is 0 Å². The zero-order valence-corrected chi connectivity index (χ0v) is 5.22. The third-order valence-corrected chi connectivity index (χ3v) is 0.928. The SMILES string of the molecule is C=C/C(BC)=C\N=C. The Morgan fingerprint density at radius 3 is 2.50 bits per heavy atom. The topological polar surface area (TPSA) is 12.4 Å². The molecule has 0 N–H and O–H groups in total. The van der Waals surface area contributed by atoms with Gasteiger partial charge in [-0.1, -0.05) is 25.0 Å². The molecular weight excluding hydrogens is 96.9 g/mol. The van der Waals surface area contributed by atoms with Crippen molar-refractivity contribution >= 4 is 14.0 Å². The van der Waals surface area contributed by atoms with E-state index < -0.39 is 0 Å². The van der Waals surface area contributed by atoms with Gasteiger partial charge in [-0.25, -0.2) is 0 Å². The van der Waals surface area contributed by atoms with Crippen molar-refractivity contribution in [2.75, 3.05) is 0 Å². The van der Waals surface area contributed by atoms with E-state index in [2.05, 4.69) is 25.1 Å². The molecule has 1 nitrogen and oxygen atoms in total. The molecule has 0 aliphatic heterocycles. The van der Waals surface area contributed by atoms with Crippen molar-refractivity contribution in [2.24, 2.45) is 4.99 Å². The van der Waals surface area contributed by atoms with Gasteiger partial charge < -0.3 is 0 Å². The summed E-state index contributed by atoms with van der Waals surface area (Å²) in [5.41, 5.74) is 1.12. The van der Waals surface area contributed by atoms with E-state index in [1.165, 1.54) is 0 Å². The molecular formula is C6H10BN. The van der Waals surface area contributed by atoms with E-state index in [1.807, 2.05) is 0 Å². The second-order valence-corrected chi connectivity index (χ2v) is 1.44. The standard InChI is InChI=1S/C6H10BN/c1-4-6(7-2)5-8-3/h4-5,7H,1,3H2,2H3/b6-5+. The van der Waals surface area contributed by atoms with Crippen molar-refractivity contribution in [3.63, 3.8) is 0 Å². The predicted molar refractivity (Wildman–Crippen MR) is 40.8 cm³/mol. The molecule has 0 fully saturated rings. The lowest BCUT2D eigenvalue weighted by molar-refractivity contribution is 1.59. The summed E-state index contributed by atoms with van der Waals surface area (Å²) in [5, 5.41) is 0. The van der Waals surface area contributed by atoms with Crippen LogP contribution in [0.4, 0.5) is 0 Å². The average molecular weight is 107 g/mol. The summed E-state index contributed by atoms with van der Waals surface area (Å²) in [4.78, 5) is 3.59. The van der Waals surface area contributed by atoms with Crippen molar-refractivity contribution in [2.45, 2.75) is 6.82 Å². The number of aliphatic imine (C=N–C) groups is 1. The van der Waals surface area contributed by atoms with Gasteiger partial charge in [0, 0.05) is 6.20 Å². The van der Waals surface area contributed by atoms with Crippen LogP contribution in [0.15, 0.2) is 29.3 Å². The molecule has 0 saturated heterocycles. The lowest BCUT2D eigenvalue weighted by Gasteiger charge is -1.86. The molecule has 0 amide bonds. The van der Waals surface area contributed by atoms with E-state index in [1.54, 1.807) is 12.3 Å². The van der Waals surface area contributed by atoms with Gasteiger partial charge in [-0.15, -0.1) is 0 Å². The molecule has 0 aromatic rings. The Kier molecular flexibility index (Phi) is 3.95. The van der Waals surface area contributed by atoms with Gasteiger partial charge in [-0.3, -0.25) is 4.99 Å². The normalized spacial score (nSPS) is 10.4. The van der Waals surface area contributed by atoms with Crippen molar-refractivity contribution in [3.8, 4) is 0 Å². The Hall–Kier alpha value is -0.785. The lowest BCUT2D eigenvalue weighted by Crippen LogP contribution is -1.83. The molecule has 8 heavy (non-hydrogen) atoms. The maximum absolute atomic E-state index is 3.59. The van der Waals surface area contributed by atoms with Crippen LogP contribution in [-0.2, 0) is 0 Å². The minimum Gasteiger partial charge on any atom is -0.273 e. The quantitative estimate of drug-likeness (QED) is 0.292. The van der Waals surface area contributed by atoms with Crippen molar-refractivity contribution in [3.05, 3.63) is 24.3 Å². The van der Waals surface area contributed by atoms with Crippen molar-refractivity contribution < 1.29 is 0 Å². The van der Waals surface area contributed by atoms with Crippen molar-refractivity contribution in [1.29, 1.82) is 0 Å². The minimum absolute atomic E-state index is 0.975. The van der Waals surface area contributed by atoms with E-state index in [0.717, 1.165) is 12.8 Å². The molecule has 0 aliphatic carbocycles. The van der Waals surface area contributed by atoms with Crippen molar-refractivity contribution in [1.82, 2.24) is 0 Å². The third-order valence-electron chi connectivity index (χ3n) is 0.928. The van der Waals surface area contributed by atoms with Gasteiger partial charge in [-0.05, 0) is 6.72 Å². The molecule has 0 atom stereocenters.